The summed E-state index contributed by atoms with van der Waals surface area (Å²) in [5, 5.41) is -0.0114. The van der Waals surface area contributed by atoms with Crippen molar-refractivity contribution in [3.05, 3.63) is 41.7 Å². The van der Waals surface area contributed by atoms with E-state index in [1.165, 1.54) is 16.5 Å². The van der Waals surface area contributed by atoms with Gasteiger partial charge < -0.3 is 10.3 Å². The smallest absolute Gasteiger partial charge is 0.260 e. The van der Waals surface area contributed by atoms with Gasteiger partial charge in [0.25, 0.3) is 10.0 Å². The van der Waals surface area contributed by atoms with Crippen LogP contribution in [0, 0.1) is 0 Å². The molecule has 0 unspecified atom stereocenters. The van der Waals surface area contributed by atoms with Crippen LogP contribution in [0.25, 0.3) is 0 Å². The van der Waals surface area contributed by atoms with E-state index in [1.54, 1.807) is 7.05 Å². The summed E-state index contributed by atoms with van der Waals surface area (Å²) >= 11 is 0. The lowest BCUT2D eigenvalue weighted by atomic mass is 10.1. The van der Waals surface area contributed by atoms with Crippen LogP contribution in [0.2, 0.25) is 0 Å². The fourth-order valence-corrected chi connectivity index (χ4v) is 3.15. The molecule has 0 spiro atoms. The molecule has 0 saturated heterocycles. The van der Waals surface area contributed by atoms with Crippen molar-refractivity contribution in [2.75, 3.05) is 5.73 Å². The van der Waals surface area contributed by atoms with Gasteiger partial charge in [0.1, 0.15) is 0 Å². The number of rotatable bonds is 5. The van der Waals surface area contributed by atoms with Crippen molar-refractivity contribution in [3.8, 4) is 0 Å². The Morgan fingerprint density at radius 2 is 1.85 bits per heavy atom. The van der Waals surface area contributed by atoms with Crippen molar-refractivity contribution in [3.63, 3.8) is 0 Å². The van der Waals surface area contributed by atoms with Crippen molar-refractivity contribution >= 4 is 15.8 Å². The number of anilines is 1. The van der Waals surface area contributed by atoms with Crippen LogP contribution in [0.5, 0.6) is 0 Å². The maximum atomic E-state index is 12.2. The first-order valence-corrected chi connectivity index (χ1v) is 7.76. The highest BCUT2D eigenvalue weighted by atomic mass is 32.2. The number of nitrogen functional groups attached to an aromatic ring is 1. The Labute approximate surface area is 118 Å². The average Bonchev–Trinajstić information content (AvgIpc) is 2.77. The Morgan fingerprint density at radius 1 is 1.25 bits per heavy atom. The third kappa shape index (κ3) is 3.00. The molecule has 108 valence electrons. The molecule has 0 aliphatic rings. The summed E-state index contributed by atoms with van der Waals surface area (Å²) < 4.78 is 28.3. The highest BCUT2D eigenvalue weighted by Gasteiger charge is 2.21. The number of benzene rings is 1. The Hall–Kier alpha value is -1.86. The van der Waals surface area contributed by atoms with Gasteiger partial charge in [-0.1, -0.05) is 31.2 Å². The molecule has 0 fully saturated rings. The molecule has 0 aliphatic carbocycles. The zero-order valence-corrected chi connectivity index (χ0v) is 12.3. The topological polar surface area (TPSA) is 90.0 Å². The van der Waals surface area contributed by atoms with Gasteiger partial charge >= 0.3 is 0 Å². The van der Waals surface area contributed by atoms with Gasteiger partial charge in [-0.15, -0.1) is 0 Å². The fourth-order valence-electron chi connectivity index (χ4n) is 1.90. The minimum Gasteiger partial charge on any atom is -0.381 e. The van der Waals surface area contributed by atoms with E-state index in [-0.39, 0.29) is 17.4 Å². The number of nitrogens with one attached hydrogen (secondary N) is 1. The van der Waals surface area contributed by atoms with Gasteiger partial charge in [0.05, 0.1) is 6.33 Å². The summed E-state index contributed by atoms with van der Waals surface area (Å²) in [6.07, 6.45) is 2.33. The van der Waals surface area contributed by atoms with Gasteiger partial charge in [0.2, 0.25) is 0 Å². The first kappa shape index (κ1) is 14.5. The second kappa shape index (κ2) is 5.64. The molecule has 0 aliphatic heterocycles. The molecule has 2 rings (SSSR count). The SMILES string of the molecule is CCc1ccc(CNS(=O)(=O)c2c(N)ncn2C)cc1. The predicted molar refractivity (Wildman–Crippen MR) is 77.5 cm³/mol. The van der Waals surface area contributed by atoms with Crippen molar-refractivity contribution in [1.82, 2.24) is 14.3 Å². The van der Waals surface area contributed by atoms with E-state index < -0.39 is 10.0 Å². The number of aryl methyl sites for hydroxylation is 2. The van der Waals surface area contributed by atoms with Crippen LogP contribution in [-0.2, 0) is 30.0 Å². The third-order valence-corrected chi connectivity index (χ3v) is 4.59. The van der Waals surface area contributed by atoms with Crippen molar-refractivity contribution < 1.29 is 8.42 Å². The van der Waals surface area contributed by atoms with Crippen LogP contribution in [0.15, 0.2) is 35.6 Å². The highest BCUT2D eigenvalue weighted by Crippen LogP contribution is 2.15. The van der Waals surface area contributed by atoms with E-state index in [4.69, 9.17) is 5.73 Å². The predicted octanol–water partition coefficient (Wildman–Crippen LogP) is 1.04. The summed E-state index contributed by atoms with van der Waals surface area (Å²) in [5.74, 6) is 0.00123. The van der Waals surface area contributed by atoms with Crippen LogP contribution >= 0.6 is 0 Å². The monoisotopic (exact) mass is 294 g/mol. The van der Waals surface area contributed by atoms with E-state index in [0.29, 0.717) is 0 Å². The lowest BCUT2D eigenvalue weighted by molar-refractivity contribution is 0.571. The van der Waals surface area contributed by atoms with Crippen molar-refractivity contribution in [2.24, 2.45) is 7.05 Å². The highest BCUT2D eigenvalue weighted by molar-refractivity contribution is 7.89. The first-order valence-electron chi connectivity index (χ1n) is 6.28. The zero-order valence-electron chi connectivity index (χ0n) is 11.5. The lowest BCUT2D eigenvalue weighted by Gasteiger charge is -2.08. The lowest BCUT2D eigenvalue weighted by Crippen LogP contribution is -2.26. The van der Waals surface area contributed by atoms with E-state index in [2.05, 4.69) is 16.6 Å². The molecule has 0 atom stereocenters. The largest absolute Gasteiger partial charge is 0.381 e. The normalized spacial score (nSPS) is 11.7. The molecule has 6 nitrogen and oxygen atoms in total. The quantitative estimate of drug-likeness (QED) is 0.862. The minimum atomic E-state index is -3.67. The van der Waals surface area contributed by atoms with Gasteiger partial charge in [0, 0.05) is 13.6 Å². The number of sulfonamides is 1. The second-order valence-electron chi connectivity index (χ2n) is 4.54. The van der Waals surface area contributed by atoms with Crippen molar-refractivity contribution in [1.29, 1.82) is 0 Å². The van der Waals surface area contributed by atoms with E-state index in [0.717, 1.165) is 12.0 Å². The molecule has 20 heavy (non-hydrogen) atoms. The Kier molecular flexibility index (Phi) is 4.10. The van der Waals surface area contributed by atoms with Gasteiger partial charge in [-0.25, -0.2) is 18.1 Å². The molecule has 1 aromatic heterocycles. The minimum absolute atomic E-state index is 0.00123. The van der Waals surface area contributed by atoms with E-state index in [1.807, 2.05) is 24.3 Å². The van der Waals surface area contributed by atoms with E-state index >= 15 is 0 Å². The molecule has 0 bridgehead atoms. The molecule has 2 aromatic rings. The van der Waals surface area contributed by atoms with Gasteiger partial charge in [0.15, 0.2) is 10.8 Å². The fraction of sp³-hybridized carbons (Fsp3) is 0.308. The van der Waals surface area contributed by atoms with Gasteiger partial charge in [-0.3, -0.25) is 0 Å². The standard InChI is InChI=1S/C13H18N4O2S/c1-3-10-4-6-11(7-5-10)8-16-20(18,19)13-12(14)15-9-17(13)2/h4-7,9,16H,3,8,14H2,1-2H3. The Bertz CT molecular complexity index is 670. The molecule has 0 saturated carbocycles. The maximum absolute atomic E-state index is 12.2. The average molecular weight is 294 g/mol. The number of nitrogens with zero attached hydrogens (tertiary/aromatic N) is 2. The summed E-state index contributed by atoms with van der Waals surface area (Å²) in [5.41, 5.74) is 7.69. The van der Waals surface area contributed by atoms with Crippen LogP contribution in [0.4, 0.5) is 5.82 Å². The summed E-state index contributed by atoms with van der Waals surface area (Å²) in [6, 6.07) is 7.80. The number of hydrogen-bond acceptors (Lipinski definition) is 4. The molecular formula is C13H18N4O2S. The van der Waals surface area contributed by atoms with Gasteiger partial charge in [-0.2, -0.15) is 0 Å². The Balaban J connectivity index is 2.13. The molecular weight excluding hydrogens is 276 g/mol. The molecule has 1 aromatic carbocycles. The maximum Gasteiger partial charge on any atom is 0.260 e. The molecule has 1 heterocycles. The third-order valence-electron chi connectivity index (χ3n) is 3.06. The second-order valence-corrected chi connectivity index (χ2v) is 6.22. The summed E-state index contributed by atoms with van der Waals surface area (Å²) in [7, 11) is -2.08. The van der Waals surface area contributed by atoms with Crippen LogP contribution in [0.1, 0.15) is 18.1 Å². The van der Waals surface area contributed by atoms with Crippen LogP contribution in [0.3, 0.4) is 0 Å². The molecule has 0 radical (unpaired) electrons. The van der Waals surface area contributed by atoms with Crippen LogP contribution in [-0.4, -0.2) is 18.0 Å². The summed E-state index contributed by atoms with van der Waals surface area (Å²) in [6.45, 7) is 2.29. The van der Waals surface area contributed by atoms with E-state index in [9.17, 15) is 8.42 Å². The van der Waals surface area contributed by atoms with Gasteiger partial charge in [-0.05, 0) is 17.5 Å². The zero-order chi connectivity index (χ0) is 14.8. The number of nitrogens with two attached hydrogens (primary N) is 1. The summed E-state index contributed by atoms with van der Waals surface area (Å²) in [4.78, 5) is 3.78. The molecule has 0 amide bonds. The first-order chi connectivity index (χ1) is 9.44. The van der Waals surface area contributed by atoms with Crippen LogP contribution < -0.4 is 10.5 Å². The Morgan fingerprint density at radius 3 is 2.35 bits per heavy atom. The number of aromatic nitrogens is 2. The molecule has 7 heteroatoms. The number of imidazole rings is 1. The van der Waals surface area contributed by atoms with Crippen molar-refractivity contribution in [2.45, 2.75) is 24.9 Å². The number of hydrogen-bond donors (Lipinski definition) is 2. The molecule has 3 N–H and O–H groups in total.